The van der Waals surface area contributed by atoms with Crippen molar-refractivity contribution in [2.24, 2.45) is 4.99 Å². The third kappa shape index (κ3) is 4.18. The van der Waals surface area contributed by atoms with Crippen LogP contribution >= 0.6 is 28.1 Å². The topological polar surface area (TPSA) is 21.6 Å². The predicted molar refractivity (Wildman–Crippen MR) is 59.5 cm³/mol. The summed E-state index contributed by atoms with van der Waals surface area (Å²) in [5, 5.41) is 2.28. The highest BCUT2D eigenvalue weighted by atomic mass is 79.9. The van der Waals surface area contributed by atoms with Gasteiger partial charge in [-0.05, 0) is 36.5 Å². The number of thiocarbonyl (C=S) groups is 1. The molecule has 0 fully saturated rings. The van der Waals surface area contributed by atoms with Crippen LogP contribution in [0.4, 0.5) is 0 Å². The van der Waals surface area contributed by atoms with Gasteiger partial charge in [-0.1, -0.05) is 15.9 Å². The average Bonchev–Trinajstić information content (AvgIpc) is 2.15. The highest BCUT2D eigenvalue weighted by Gasteiger charge is 1.91. The lowest BCUT2D eigenvalue weighted by molar-refractivity contribution is 0.329. The highest BCUT2D eigenvalue weighted by Crippen LogP contribution is 2.15. The maximum absolute atomic E-state index is 5.36. The van der Waals surface area contributed by atoms with Crippen LogP contribution in [0.15, 0.2) is 33.7 Å². The standard InChI is InChI=1S/C9H8BrNOS/c10-8-1-3-9(4-2-8)12-6-5-11-7-13/h1-4H,5-6H2. The van der Waals surface area contributed by atoms with E-state index in [9.17, 15) is 0 Å². The van der Waals surface area contributed by atoms with Crippen molar-refractivity contribution in [3.63, 3.8) is 0 Å². The molecule has 1 rings (SSSR count). The highest BCUT2D eigenvalue weighted by molar-refractivity contribution is 9.10. The first-order valence-electron chi connectivity index (χ1n) is 3.75. The van der Waals surface area contributed by atoms with Crippen LogP contribution in [0.25, 0.3) is 0 Å². The lowest BCUT2D eigenvalue weighted by atomic mass is 10.3. The second kappa shape index (κ2) is 5.86. The van der Waals surface area contributed by atoms with E-state index in [0.29, 0.717) is 13.2 Å². The minimum Gasteiger partial charge on any atom is -0.492 e. The van der Waals surface area contributed by atoms with Gasteiger partial charge in [0.2, 0.25) is 0 Å². The number of hydrogen-bond acceptors (Lipinski definition) is 3. The second-order valence-corrected chi connectivity index (χ2v) is 3.37. The van der Waals surface area contributed by atoms with E-state index < -0.39 is 0 Å². The lowest BCUT2D eigenvalue weighted by Crippen LogP contribution is -2.00. The lowest BCUT2D eigenvalue weighted by Gasteiger charge is -2.02. The first-order valence-corrected chi connectivity index (χ1v) is 4.95. The summed E-state index contributed by atoms with van der Waals surface area (Å²) in [5.41, 5.74) is 0. The molecule has 1 aromatic rings. The van der Waals surface area contributed by atoms with Gasteiger partial charge in [0.15, 0.2) is 0 Å². The van der Waals surface area contributed by atoms with E-state index in [1.165, 1.54) is 0 Å². The Hall–Kier alpha value is -0.700. The summed E-state index contributed by atoms with van der Waals surface area (Å²) in [7, 11) is 0. The molecule has 0 amide bonds. The van der Waals surface area contributed by atoms with Gasteiger partial charge in [0.05, 0.1) is 11.7 Å². The van der Waals surface area contributed by atoms with Crippen LogP contribution in [0.3, 0.4) is 0 Å². The number of isothiocyanates is 1. The summed E-state index contributed by atoms with van der Waals surface area (Å²) in [4.78, 5) is 3.73. The fourth-order valence-electron chi connectivity index (χ4n) is 0.786. The Morgan fingerprint density at radius 2 is 2.08 bits per heavy atom. The molecule has 2 nitrogen and oxygen atoms in total. The van der Waals surface area contributed by atoms with Gasteiger partial charge in [-0.25, -0.2) is 4.99 Å². The number of nitrogens with zero attached hydrogens (tertiary/aromatic N) is 1. The van der Waals surface area contributed by atoms with Gasteiger partial charge in [-0.3, -0.25) is 0 Å². The zero-order valence-corrected chi connectivity index (χ0v) is 9.27. The third-order valence-corrected chi connectivity index (χ3v) is 2.01. The molecule has 0 N–H and O–H groups in total. The Bertz CT molecular complexity index is 306. The van der Waals surface area contributed by atoms with Crippen molar-refractivity contribution in [2.45, 2.75) is 0 Å². The third-order valence-electron chi connectivity index (χ3n) is 1.35. The second-order valence-electron chi connectivity index (χ2n) is 2.28. The Kier molecular flexibility index (Phi) is 4.68. The first-order chi connectivity index (χ1) is 6.33. The van der Waals surface area contributed by atoms with E-state index in [4.69, 9.17) is 4.74 Å². The van der Waals surface area contributed by atoms with Crippen molar-refractivity contribution in [3.8, 4) is 5.75 Å². The smallest absolute Gasteiger partial charge is 0.119 e. The molecule has 0 aromatic heterocycles. The molecule has 0 saturated carbocycles. The van der Waals surface area contributed by atoms with Crippen molar-refractivity contribution in [1.29, 1.82) is 0 Å². The summed E-state index contributed by atoms with van der Waals surface area (Å²) in [6.45, 7) is 1.09. The van der Waals surface area contributed by atoms with E-state index in [2.05, 4.69) is 38.3 Å². The molecule has 0 heterocycles. The zero-order chi connectivity index (χ0) is 9.52. The zero-order valence-electron chi connectivity index (χ0n) is 6.87. The monoisotopic (exact) mass is 257 g/mol. The maximum Gasteiger partial charge on any atom is 0.119 e. The number of hydrogen-bond donors (Lipinski definition) is 0. The van der Waals surface area contributed by atoms with Crippen LogP contribution in [0.5, 0.6) is 5.75 Å². The van der Waals surface area contributed by atoms with Crippen LogP contribution in [-0.4, -0.2) is 18.3 Å². The number of benzene rings is 1. The van der Waals surface area contributed by atoms with Crippen molar-refractivity contribution in [2.75, 3.05) is 13.2 Å². The van der Waals surface area contributed by atoms with E-state index in [-0.39, 0.29) is 0 Å². The van der Waals surface area contributed by atoms with E-state index in [1.807, 2.05) is 24.3 Å². The normalized spacial score (nSPS) is 9.00. The molecule has 0 radical (unpaired) electrons. The Morgan fingerprint density at radius 1 is 1.38 bits per heavy atom. The molecule has 0 unspecified atom stereocenters. The molecule has 68 valence electrons. The quantitative estimate of drug-likeness (QED) is 0.470. The number of ether oxygens (including phenoxy) is 1. The van der Waals surface area contributed by atoms with Crippen LogP contribution in [0, 0.1) is 0 Å². The minimum absolute atomic E-state index is 0.533. The molecule has 0 aliphatic rings. The number of halogens is 1. The SMILES string of the molecule is S=C=NCCOc1ccc(Br)cc1. The van der Waals surface area contributed by atoms with Crippen LogP contribution in [-0.2, 0) is 0 Å². The first kappa shape index (κ1) is 10.4. The van der Waals surface area contributed by atoms with Crippen molar-refractivity contribution < 1.29 is 4.74 Å². The predicted octanol–water partition coefficient (Wildman–Crippen LogP) is 2.93. The number of aliphatic imine (C=N–C) groups is 1. The van der Waals surface area contributed by atoms with Gasteiger partial charge in [0, 0.05) is 4.47 Å². The van der Waals surface area contributed by atoms with Crippen molar-refractivity contribution in [3.05, 3.63) is 28.7 Å². The van der Waals surface area contributed by atoms with E-state index in [1.54, 1.807) is 0 Å². The molecule has 4 heteroatoms. The molecule has 1 aromatic carbocycles. The molecule has 13 heavy (non-hydrogen) atoms. The van der Waals surface area contributed by atoms with Crippen molar-refractivity contribution in [1.82, 2.24) is 0 Å². The number of rotatable bonds is 4. The summed E-state index contributed by atoms with van der Waals surface area (Å²) in [5.74, 6) is 0.836. The Balaban J connectivity index is 2.37. The molecule has 0 atom stereocenters. The fraction of sp³-hybridized carbons (Fsp3) is 0.222. The van der Waals surface area contributed by atoms with Crippen LogP contribution < -0.4 is 4.74 Å². The molecular weight excluding hydrogens is 250 g/mol. The van der Waals surface area contributed by atoms with Crippen LogP contribution in [0.1, 0.15) is 0 Å². The van der Waals surface area contributed by atoms with Gasteiger partial charge in [-0.15, -0.1) is 0 Å². The Labute approximate surface area is 90.8 Å². The van der Waals surface area contributed by atoms with Crippen molar-refractivity contribution >= 4 is 33.3 Å². The van der Waals surface area contributed by atoms with Gasteiger partial charge in [0.1, 0.15) is 12.4 Å². The molecule has 0 bridgehead atoms. The summed E-state index contributed by atoms with van der Waals surface area (Å²) in [6.07, 6.45) is 0. The molecule has 0 aliphatic carbocycles. The molecular formula is C9H8BrNOS. The Morgan fingerprint density at radius 3 is 2.69 bits per heavy atom. The minimum atomic E-state index is 0.533. The fourth-order valence-corrected chi connectivity index (χ4v) is 1.14. The largest absolute Gasteiger partial charge is 0.492 e. The molecule has 0 aliphatic heterocycles. The average molecular weight is 258 g/mol. The molecule has 0 spiro atoms. The van der Waals surface area contributed by atoms with Gasteiger partial charge < -0.3 is 4.74 Å². The van der Waals surface area contributed by atoms with Crippen LogP contribution in [0.2, 0.25) is 0 Å². The summed E-state index contributed by atoms with van der Waals surface area (Å²) < 4.78 is 6.40. The van der Waals surface area contributed by atoms with Gasteiger partial charge in [0.25, 0.3) is 0 Å². The van der Waals surface area contributed by atoms with Gasteiger partial charge in [-0.2, -0.15) is 0 Å². The summed E-state index contributed by atoms with van der Waals surface area (Å²) in [6, 6.07) is 7.64. The van der Waals surface area contributed by atoms with E-state index in [0.717, 1.165) is 10.2 Å². The van der Waals surface area contributed by atoms with Gasteiger partial charge >= 0.3 is 0 Å². The van der Waals surface area contributed by atoms with E-state index >= 15 is 0 Å². The maximum atomic E-state index is 5.36. The summed E-state index contributed by atoms with van der Waals surface area (Å²) >= 11 is 7.76. The molecule has 0 saturated heterocycles.